The van der Waals surface area contributed by atoms with Gasteiger partial charge in [0.15, 0.2) is 0 Å². The number of ether oxygens (including phenoxy) is 2. The predicted octanol–water partition coefficient (Wildman–Crippen LogP) is 2.20. The molecule has 0 fully saturated rings. The van der Waals surface area contributed by atoms with Crippen molar-refractivity contribution in [2.24, 2.45) is 0 Å². The van der Waals surface area contributed by atoms with E-state index in [1.165, 1.54) is 31.4 Å². The molecule has 2 aromatic rings. The lowest BCUT2D eigenvalue weighted by atomic mass is 10.2. The summed E-state index contributed by atoms with van der Waals surface area (Å²) >= 11 is 0. The molecule has 7 nitrogen and oxygen atoms in total. The quantitative estimate of drug-likeness (QED) is 0.814. The van der Waals surface area contributed by atoms with E-state index in [0.29, 0.717) is 0 Å². The van der Waals surface area contributed by atoms with Crippen LogP contribution in [0.15, 0.2) is 47.4 Å². The van der Waals surface area contributed by atoms with Crippen molar-refractivity contribution >= 4 is 27.6 Å². The predicted molar refractivity (Wildman–Crippen MR) is 86.3 cm³/mol. The highest BCUT2D eigenvalue weighted by atomic mass is 32.2. The average Bonchev–Trinajstić information content (AvgIpc) is 2.61. The Hall–Kier alpha value is -2.94. The molecule has 132 valence electrons. The molecule has 0 atom stereocenters. The second kappa shape index (κ2) is 7.31. The van der Waals surface area contributed by atoms with Gasteiger partial charge in [0.1, 0.15) is 10.7 Å². The molecule has 0 amide bonds. The molecule has 0 saturated carbocycles. The van der Waals surface area contributed by atoms with Crippen LogP contribution < -0.4 is 4.72 Å². The number of nitrogens with one attached hydrogen (secondary N) is 1. The molecule has 2 aromatic carbocycles. The van der Waals surface area contributed by atoms with Gasteiger partial charge in [0, 0.05) is 5.69 Å². The van der Waals surface area contributed by atoms with E-state index < -0.39 is 32.7 Å². The highest BCUT2D eigenvalue weighted by Crippen LogP contribution is 2.21. The molecule has 0 aliphatic rings. The molecular weight excluding hydrogens is 353 g/mol. The van der Waals surface area contributed by atoms with E-state index in [4.69, 9.17) is 0 Å². The van der Waals surface area contributed by atoms with Crippen molar-refractivity contribution in [2.45, 2.75) is 4.90 Å². The number of sulfonamides is 1. The zero-order valence-corrected chi connectivity index (χ0v) is 14.1. The van der Waals surface area contributed by atoms with Crippen LogP contribution in [0.5, 0.6) is 0 Å². The van der Waals surface area contributed by atoms with Crippen LogP contribution in [-0.2, 0) is 19.5 Å². The highest BCUT2D eigenvalue weighted by Gasteiger charge is 2.22. The van der Waals surface area contributed by atoms with E-state index in [9.17, 15) is 22.4 Å². The molecule has 9 heteroatoms. The second-order valence-electron chi connectivity index (χ2n) is 4.81. The Bertz CT molecular complexity index is 909. The number of halogens is 1. The minimum Gasteiger partial charge on any atom is -0.465 e. The first kappa shape index (κ1) is 18.4. The van der Waals surface area contributed by atoms with Crippen molar-refractivity contribution in [1.82, 2.24) is 0 Å². The van der Waals surface area contributed by atoms with E-state index in [-0.39, 0.29) is 16.8 Å². The molecule has 0 aliphatic heterocycles. The number of benzene rings is 2. The maximum absolute atomic E-state index is 13.9. The Morgan fingerprint density at radius 3 is 2.00 bits per heavy atom. The highest BCUT2D eigenvalue weighted by molar-refractivity contribution is 7.92. The summed E-state index contributed by atoms with van der Waals surface area (Å²) in [4.78, 5) is 22.1. The number of anilines is 1. The monoisotopic (exact) mass is 367 g/mol. The first-order valence-corrected chi connectivity index (χ1v) is 8.36. The summed E-state index contributed by atoms with van der Waals surface area (Å²) in [5, 5.41) is 0. The summed E-state index contributed by atoms with van der Waals surface area (Å²) in [6, 6.07) is 8.21. The molecule has 25 heavy (non-hydrogen) atoms. The normalized spacial score (nSPS) is 10.8. The van der Waals surface area contributed by atoms with Crippen molar-refractivity contribution in [3.63, 3.8) is 0 Å². The zero-order chi connectivity index (χ0) is 18.6. The standard InChI is InChI=1S/C16H14FNO6S/c1-23-15(19)10-3-6-12(7-4-10)18-25(21,22)14-9-11(16(20)24-2)5-8-13(14)17/h3-9,18H,1-2H3. The molecule has 2 rings (SSSR count). The number of rotatable bonds is 5. The Kier molecular flexibility index (Phi) is 5.38. The van der Waals surface area contributed by atoms with Crippen LogP contribution in [0.2, 0.25) is 0 Å². The number of methoxy groups -OCH3 is 2. The van der Waals surface area contributed by atoms with Crippen LogP contribution in [0.1, 0.15) is 20.7 Å². The fourth-order valence-corrected chi connectivity index (χ4v) is 3.12. The van der Waals surface area contributed by atoms with Gasteiger partial charge in [0.2, 0.25) is 0 Å². The molecule has 0 heterocycles. The zero-order valence-electron chi connectivity index (χ0n) is 13.3. The van der Waals surface area contributed by atoms with Gasteiger partial charge in [0.25, 0.3) is 10.0 Å². The van der Waals surface area contributed by atoms with Gasteiger partial charge < -0.3 is 9.47 Å². The molecule has 0 spiro atoms. The molecule has 0 saturated heterocycles. The second-order valence-corrected chi connectivity index (χ2v) is 6.46. The summed E-state index contributed by atoms with van der Waals surface area (Å²) in [6.45, 7) is 0. The van der Waals surface area contributed by atoms with Crippen molar-refractivity contribution in [2.75, 3.05) is 18.9 Å². The lowest BCUT2D eigenvalue weighted by molar-refractivity contribution is 0.0591. The Balaban J connectivity index is 2.33. The summed E-state index contributed by atoms with van der Waals surface area (Å²) in [7, 11) is -1.95. The summed E-state index contributed by atoms with van der Waals surface area (Å²) in [5.74, 6) is -2.39. The SMILES string of the molecule is COC(=O)c1ccc(NS(=O)(=O)c2cc(C(=O)OC)ccc2F)cc1. The topological polar surface area (TPSA) is 98.8 Å². The van der Waals surface area contributed by atoms with E-state index in [0.717, 1.165) is 25.3 Å². The van der Waals surface area contributed by atoms with Crippen molar-refractivity contribution in [3.05, 3.63) is 59.4 Å². The van der Waals surface area contributed by atoms with Gasteiger partial charge in [-0.15, -0.1) is 0 Å². The van der Waals surface area contributed by atoms with Crippen molar-refractivity contribution < 1.29 is 31.9 Å². The van der Waals surface area contributed by atoms with Crippen LogP contribution >= 0.6 is 0 Å². The van der Waals surface area contributed by atoms with Crippen LogP contribution in [0.3, 0.4) is 0 Å². The first-order chi connectivity index (χ1) is 11.8. The van der Waals surface area contributed by atoms with Crippen molar-refractivity contribution in [1.29, 1.82) is 0 Å². The van der Waals surface area contributed by atoms with E-state index >= 15 is 0 Å². The van der Waals surface area contributed by atoms with E-state index in [2.05, 4.69) is 14.2 Å². The van der Waals surface area contributed by atoms with Crippen molar-refractivity contribution in [3.8, 4) is 0 Å². The minimum absolute atomic E-state index is 0.106. The first-order valence-electron chi connectivity index (χ1n) is 6.87. The number of carbonyl (C=O) groups excluding carboxylic acids is 2. The van der Waals surface area contributed by atoms with Gasteiger partial charge in [-0.05, 0) is 42.5 Å². The van der Waals surface area contributed by atoms with Crippen LogP contribution in [0.4, 0.5) is 10.1 Å². The third-order valence-electron chi connectivity index (χ3n) is 3.20. The molecule has 0 aliphatic carbocycles. The largest absolute Gasteiger partial charge is 0.465 e. The Morgan fingerprint density at radius 2 is 1.44 bits per heavy atom. The van der Waals surface area contributed by atoms with Crippen LogP contribution in [0.25, 0.3) is 0 Å². The Labute approximate surface area is 143 Å². The molecule has 0 bridgehead atoms. The summed E-state index contributed by atoms with van der Waals surface area (Å²) in [5.41, 5.74) is 0.227. The lowest BCUT2D eigenvalue weighted by Crippen LogP contribution is -2.16. The number of esters is 2. The molecule has 1 N–H and O–H groups in total. The number of hydrogen-bond acceptors (Lipinski definition) is 6. The van der Waals surface area contributed by atoms with Crippen LogP contribution in [0, 0.1) is 5.82 Å². The maximum atomic E-state index is 13.9. The summed E-state index contributed by atoms with van der Waals surface area (Å²) < 4.78 is 49.8. The van der Waals surface area contributed by atoms with Gasteiger partial charge >= 0.3 is 11.9 Å². The molecule has 0 radical (unpaired) electrons. The number of hydrogen-bond donors (Lipinski definition) is 1. The smallest absolute Gasteiger partial charge is 0.337 e. The molecule has 0 aromatic heterocycles. The third-order valence-corrected chi connectivity index (χ3v) is 4.60. The van der Waals surface area contributed by atoms with Gasteiger partial charge in [-0.25, -0.2) is 22.4 Å². The lowest BCUT2D eigenvalue weighted by Gasteiger charge is -2.10. The third kappa shape index (κ3) is 4.13. The summed E-state index contributed by atoms with van der Waals surface area (Å²) in [6.07, 6.45) is 0. The minimum atomic E-state index is -4.30. The van der Waals surface area contributed by atoms with E-state index in [1.54, 1.807) is 0 Å². The van der Waals surface area contributed by atoms with Crippen LogP contribution in [-0.4, -0.2) is 34.6 Å². The van der Waals surface area contributed by atoms with Gasteiger partial charge in [-0.3, -0.25) is 4.72 Å². The van der Waals surface area contributed by atoms with Gasteiger partial charge in [-0.2, -0.15) is 0 Å². The molecule has 0 unspecified atom stereocenters. The van der Waals surface area contributed by atoms with Gasteiger partial charge in [0.05, 0.1) is 25.3 Å². The average molecular weight is 367 g/mol. The van der Waals surface area contributed by atoms with Gasteiger partial charge in [-0.1, -0.05) is 0 Å². The van der Waals surface area contributed by atoms with E-state index in [1.807, 2.05) is 0 Å². The maximum Gasteiger partial charge on any atom is 0.337 e. The fourth-order valence-electron chi connectivity index (χ4n) is 1.96. The fraction of sp³-hybridized carbons (Fsp3) is 0.125. The Morgan fingerprint density at radius 1 is 0.920 bits per heavy atom. The number of carbonyl (C=O) groups is 2. The molecular formula is C16H14FNO6S.